The molecule has 11 heteroatoms. The maximum atomic E-state index is 13.1. The smallest absolute Gasteiger partial charge is 0.416 e. The summed E-state index contributed by atoms with van der Waals surface area (Å²) in [7, 11) is 0. The molecular formula is C15H7ClF3N5OS. The van der Waals surface area contributed by atoms with E-state index in [1.807, 2.05) is 0 Å². The lowest BCUT2D eigenvalue weighted by atomic mass is 10.1. The van der Waals surface area contributed by atoms with Gasteiger partial charge in [0, 0.05) is 17.6 Å². The Bertz CT molecular complexity index is 1080. The molecule has 0 aliphatic rings. The van der Waals surface area contributed by atoms with E-state index in [1.54, 1.807) is 11.6 Å². The SMILES string of the molecule is FC(F)(F)c1ccc(-c2nccs2)c(Oc2ccc3nnc(Cl)n3n2)c1. The molecule has 0 unspecified atom stereocenters. The molecule has 4 aromatic rings. The van der Waals surface area contributed by atoms with E-state index in [2.05, 4.69) is 20.3 Å². The molecular weight excluding hydrogens is 391 g/mol. The first-order chi connectivity index (χ1) is 12.4. The average Bonchev–Trinajstić information content (AvgIpc) is 3.25. The van der Waals surface area contributed by atoms with Crippen LogP contribution in [0.2, 0.25) is 5.28 Å². The van der Waals surface area contributed by atoms with Crippen LogP contribution in [0.15, 0.2) is 41.9 Å². The molecule has 0 atom stereocenters. The standard InChI is InChI=1S/C15H7ClF3N5OS/c16-14-22-21-11-3-4-12(23-24(11)14)25-10-7-8(15(17,18)19)1-2-9(10)13-20-5-6-26-13/h1-7H. The Morgan fingerprint density at radius 2 is 1.96 bits per heavy atom. The fourth-order valence-corrected chi connectivity index (χ4v) is 3.06. The first kappa shape index (κ1) is 16.7. The quantitative estimate of drug-likeness (QED) is 0.501. The van der Waals surface area contributed by atoms with Gasteiger partial charge in [0.2, 0.25) is 11.2 Å². The first-order valence-electron chi connectivity index (χ1n) is 7.09. The van der Waals surface area contributed by atoms with E-state index >= 15 is 0 Å². The summed E-state index contributed by atoms with van der Waals surface area (Å²) >= 11 is 7.14. The van der Waals surface area contributed by atoms with Crippen molar-refractivity contribution in [3.63, 3.8) is 0 Å². The summed E-state index contributed by atoms with van der Waals surface area (Å²) in [5.74, 6) is 0.0159. The highest BCUT2D eigenvalue weighted by Gasteiger charge is 2.31. The van der Waals surface area contributed by atoms with E-state index in [-0.39, 0.29) is 16.9 Å². The Balaban J connectivity index is 1.80. The first-order valence-corrected chi connectivity index (χ1v) is 8.34. The van der Waals surface area contributed by atoms with Crippen molar-refractivity contribution in [2.24, 2.45) is 0 Å². The van der Waals surface area contributed by atoms with E-state index in [0.717, 1.165) is 12.1 Å². The molecule has 132 valence electrons. The average molecular weight is 398 g/mol. The van der Waals surface area contributed by atoms with Crippen LogP contribution >= 0.6 is 22.9 Å². The normalized spacial score (nSPS) is 11.8. The minimum atomic E-state index is -4.51. The van der Waals surface area contributed by atoms with Gasteiger partial charge in [-0.15, -0.1) is 26.6 Å². The second-order valence-corrected chi connectivity index (χ2v) is 6.29. The fraction of sp³-hybridized carbons (Fsp3) is 0.0667. The predicted molar refractivity (Wildman–Crippen MR) is 88.4 cm³/mol. The Morgan fingerprint density at radius 3 is 2.69 bits per heavy atom. The van der Waals surface area contributed by atoms with Crippen molar-refractivity contribution in [1.29, 1.82) is 0 Å². The van der Waals surface area contributed by atoms with E-state index in [0.29, 0.717) is 16.2 Å². The van der Waals surface area contributed by atoms with Crippen LogP contribution in [0, 0.1) is 0 Å². The number of alkyl halides is 3. The highest BCUT2D eigenvalue weighted by molar-refractivity contribution is 7.13. The summed E-state index contributed by atoms with van der Waals surface area (Å²) in [6.07, 6.45) is -2.95. The van der Waals surface area contributed by atoms with Crippen LogP contribution < -0.4 is 4.74 Å². The molecule has 1 aromatic carbocycles. The van der Waals surface area contributed by atoms with E-state index in [9.17, 15) is 13.2 Å². The Kier molecular flexibility index (Phi) is 4.00. The number of hydrogen-bond acceptors (Lipinski definition) is 6. The van der Waals surface area contributed by atoms with Crippen LogP contribution in [0.1, 0.15) is 5.56 Å². The van der Waals surface area contributed by atoms with Crippen LogP contribution in [0.4, 0.5) is 13.2 Å². The van der Waals surface area contributed by atoms with Crippen LogP contribution in [-0.4, -0.2) is 24.8 Å². The summed E-state index contributed by atoms with van der Waals surface area (Å²) in [6.45, 7) is 0. The molecule has 0 N–H and O–H groups in total. The summed E-state index contributed by atoms with van der Waals surface area (Å²) in [5.41, 5.74) is -0.0347. The molecule has 0 saturated heterocycles. The van der Waals surface area contributed by atoms with Gasteiger partial charge in [0.05, 0.1) is 11.1 Å². The van der Waals surface area contributed by atoms with Crippen molar-refractivity contribution in [3.05, 3.63) is 52.8 Å². The van der Waals surface area contributed by atoms with Gasteiger partial charge in [-0.3, -0.25) is 0 Å². The molecule has 0 bridgehead atoms. The number of halogens is 4. The lowest BCUT2D eigenvalue weighted by Crippen LogP contribution is -2.05. The molecule has 0 amide bonds. The zero-order chi connectivity index (χ0) is 18.3. The minimum absolute atomic E-state index is 0.00893. The second-order valence-electron chi connectivity index (χ2n) is 5.06. The molecule has 26 heavy (non-hydrogen) atoms. The number of hydrogen-bond donors (Lipinski definition) is 0. The lowest BCUT2D eigenvalue weighted by molar-refractivity contribution is -0.137. The van der Waals surface area contributed by atoms with E-state index in [1.165, 1.54) is 34.1 Å². The third kappa shape index (κ3) is 3.08. The maximum absolute atomic E-state index is 13.1. The third-order valence-corrected chi connectivity index (χ3v) is 4.43. The van der Waals surface area contributed by atoms with E-state index < -0.39 is 11.7 Å². The van der Waals surface area contributed by atoms with Crippen molar-refractivity contribution in [2.45, 2.75) is 6.18 Å². The Hall–Kier alpha value is -2.72. The van der Waals surface area contributed by atoms with Crippen molar-refractivity contribution < 1.29 is 17.9 Å². The topological polar surface area (TPSA) is 65.2 Å². The van der Waals surface area contributed by atoms with Crippen LogP contribution in [-0.2, 0) is 6.18 Å². The maximum Gasteiger partial charge on any atom is 0.416 e. The predicted octanol–water partition coefficient (Wildman–Crippen LogP) is 4.71. The summed E-state index contributed by atoms with van der Waals surface area (Å²) in [5, 5.41) is 13.8. The zero-order valence-electron chi connectivity index (χ0n) is 12.6. The van der Waals surface area contributed by atoms with Crippen molar-refractivity contribution >= 4 is 28.6 Å². The highest BCUT2D eigenvalue weighted by atomic mass is 35.5. The van der Waals surface area contributed by atoms with Crippen molar-refractivity contribution in [1.82, 2.24) is 24.8 Å². The van der Waals surface area contributed by atoms with Crippen LogP contribution in [0.25, 0.3) is 16.2 Å². The number of nitrogens with zero attached hydrogens (tertiary/aromatic N) is 5. The molecule has 0 aliphatic carbocycles. The fourth-order valence-electron chi connectivity index (χ4n) is 2.23. The summed E-state index contributed by atoms with van der Waals surface area (Å²) < 4.78 is 46.1. The largest absolute Gasteiger partial charge is 0.437 e. The van der Waals surface area contributed by atoms with Gasteiger partial charge in [0.15, 0.2) is 5.65 Å². The van der Waals surface area contributed by atoms with Gasteiger partial charge in [0.25, 0.3) is 0 Å². The van der Waals surface area contributed by atoms with Gasteiger partial charge in [0.1, 0.15) is 10.8 Å². The van der Waals surface area contributed by atoms with Gasteiger partial charge in [-0.2, -0.15) is 17.7 Å². The number of thiazole rings is 1. The number of benzene rings is 1. The monoisotopic (exact) mass is 397 g/mol. The number of rotatable bonds is 3. The molecule has 0 aliphatic heterocycles. The number of ether oxygens (including phenoxy) is 1. The van der Waals surface area contributed by atoms with Crippen LogP contribution in [0.3, 0.4) is 0 Å². The van der Waals surface area contributed by atoms with Gasteiger partial charge in [-0.05, 0) is 35.9 Å². The summed E-state index contributed by atoms with van der Waals surface area (Å²) in [4.78, 5) is 4.13. The van der Waals surface area contributed by atoms with Gasteiger partial charge in [-0.1, -0.05) is 0 Å². The van der Waals surface area contributed by atoms with Gasteiger partial charge in [-0.25, -0.2) is 4.98 Å². The lowest BCUT2D eigenvalue weighted by Gasteiger charge is -2.13. The molecule has 0 fully saturated rings. The Morgan fingerprint density at radius 1 is 1.12 bits per heavy atom. The van der Waals surface area contributed by atoms with Crippen molar-refractivity contribution in [3.8, 4) is 22.2 Å². The molecule has 0 saturated carbocycles. The molecule has 0 radical (unpaired) electrons. The number of aromatic nitrogens is 5. The molecule has 4 rings (SSSR count). The van der Waals surface area contributed by atoms with Crippen LogP contribution in [0.5, 0.6) is 11.6 Å². The van der Waals surface area contributed by atoms with Gasteiger partial charge >= 0.3 is 6.18 Å². The molecule has 0 spiro atoms. The molecule has 6 nitrogen and oxygen atoms in total. The van der Waals surface area contributed by atoms with Crippen molar-refractivity contribution in [2.75, 3.05) is 0 Å². The molecule has 3 heterocycles. The minimum Gasteiger partial charge on any atom is -0.437 e. The van der Waals surface area contributed by atoms with Gasteiger partial charge < -0.3 is 4.74 Å². The third-order valence-electron chi connectivity index (χ3n) is 3.39. The Labute approximate surface area is 152 Å². The number of fused-ring (bicyclic) bond motifs is 1. The zero-order valence-corrected chi connectivity index (χ0v) is 14.2. The highest BCUT2D eigenvalue weighted by Crippen LogP contribution is 2.39. The summed E-state index contributed by atoms with van der Waals surface area (Å²) in [6, 6.07) is 6.22. The molecule has 3 aromatic heterocycles. The second kappa shape index (κ2) is 6.22. The van der Waals surface area contributed by atoms with E-state index in [4.69, 9.17) is 16.3 Å².